The van der Waals surface area contributed by atoms with Gasteiger partial charge in [-0.3, -0.25) is 0 Å². The molecule has 4 aromatic carbocycles. The maximum atomic E-state index is 14.4. The fourth-order valence-corrected chi connectivity index (χ4v) is 3.22. The van der Waals surface area contributed by atoms with E-state index in [2.05, 4.69) is 0 Å². The molecule has 4 rings (SSSR count). The lowest BCUT2D eigenvalue weighted by atomic mass is 9.92. The van der Waals surface area contributed by atoms with E-state index in [0.717, 1.165) is 0 Å². The number of hydrogen-bond acceptors (Lipinski definition) is 0. The highest BCUT2D eigenvalue weighted by molar-refractivity contribution is 6.26. The summed E-state index contributed by atoms with van der Waals surface area (Å²) in [5.74, 6) is -22.4. The fraction of sp³-hybridized carbons (Fsp3) is 0. The van der Waals surface area contributed by atoms with Gasteiger partial charge >= 0.3 is 0 Å². The van der Waals surface area contributed by atoms with Crippen molar-refractivity contribution in [2.45, 2.75) is 0 Å². The van der Waals surface area contributed by atoms with E-state index in [1.165, 1.54) is 0 Å². The van der Waals surface area contributed by atoms with Crippen LogP contribution < -0.4 is 0 Å². The molecule has 144 valence electrons. The van der Waals surface area contributed by atoms with Crippen LogP contribution >= 0.6 is 0 Å². The minimum atomic E-state index is -2.49. The van der Waals surface area contributed by atoms with Crippen LogP contribution in [-0.2, 0) is 0 Å². The number of rotatable bonds is 0. The maximum Gasteiger partial charge on any atom is 0.198 e. The number of benzene rings is 4. The zero-order chi connectivity index (χ0) is 20.7. The van der Waals surface area contributed by atoms with Crippen LogP contribution in [0.1, 0.15) is 0 Å². The lowest BCUT2D eigenvalue weighted by Gasteiger charge is -2.15. The first-order valence-electron chi connectivity index (χ1n) is 7.30. The third-order valence-electron chi connectivity index (χ3n) is 4.40. The van der Waals surface area contributed by atoms with Crippen LogP contribution in [0.25, 0.3) is 32.3 Å². The van der Waals surface area contributed by atoms with Gasteiger partial charge in [0.25, 0.3) is 0 Å². The highest BCUT2D eigenvalue weighted by Crippen LogP contribution is 2.43. The van der Waals surface area contributed by atoms with Gasteiger partial charge < -0.3 is 0 Å². The van der Waals surface area contributed by atoms with Gasteiger partial charge in [-0.25, -0.2) is 43.9 Å². The summed E-state index contributed by atoms with van der Waals surface area (Å²) in [6, 6.07) is 0.920. The summed E-state index contributed by atoms with van der Waals surface area (Å²) in [7, 11) is 0. The average Bonchev–Trinajstić information content (AvgIpc) is 2.68. The van der Waals surface area contributed by atoms with Crippen molar-refractivity contribution >= 4 is 32.3 Å². The van der Waals surface area contributed by atoms with Crippen molar-refractivity contribution in [1.29, 1.82) is 0 Å². The summed E-state index contributed by atoms with van der Waals surface area (Å²) in [6.07, 6.45) is 0. The average molecular weight is 408 g/mol. The van der Waals surface area contributed by atoms with Gasteiger partial charge in [0.05, 0.1) is 0 Å². The second-order valence-electron chi connectivity index (χ2n) is 5.80. The van der Waals surface area contributed by atoms with Gasteiger partial charge in [-0.2, -0.15) is 0 Å². The van der Waals surface area contributed by atoms with Crippen molar-refractivity contribution in [2.24, 2.45) is 0 Å². The smallest absolute Gasteiger partial charge is 0.198 e. The molecule has 4 aromatic rings. The van der Waals surface area contributed by atoms with Crippen LogP contribution in [0.3, 0.4) is 0 Å². The van der Waals surface area contributed by atoms with E-state index >= 15 is 0 Å². The van der Waals surface area contributed by atoms with Gasteiger partial charge in [0.1, 0.15) is 0 Å². The molecule has 0 radical (unpaired) electrons. The number of hydrogen-bond donors (Lipinski definition) is 0. The molecule has 0 aliphatic rings. The van der Waals surface area contributed by atoms with Crippen molar-refractivity contribution in [1.82, 2.24) is 0 Å². The molecular formula is C18H2F10. The largest absolute Gasteiger partial charge is 0.204 e. The zero-order valence-electron chi connectivity index (χ0n) is 12.9. The molecule has 0 fully saturated rings. The second-order valence-corrected chi connectivity index (χ2v) is 5.80. The van der Waals surface area contributed by atoms with E-state index in [4.69, 9.17) is 0 Å². The van der Waals surface area contributed by atoms with Crippen molar-refractivity contribution < 1.29 is 43.9 Å². The first-order valence-corrected chi connectivity index (χ1v) is 7.30. The Bertz CT molecular complexity index is 1310. The monoisotopic (exact) mass is 408 g/mol. The van der Waals surface area contributed by atoms with Gasteiger partial charge in [-0.05, 0) is 11.5 Å². The maximum absolute atomic E-state index is 14.4. The summed E-state index contributed by atoms with van der Waals surface area (Å²) < 4.78 is 140. The molecule has 0 saturated carbocycles. The van der Waals surface area contributed by atoms with Crippen molar-refractivity contribution in [2.75, 3.05) is 0 Å². The predicted molar refractivity (Wildman–Crippen MR) is 78.5 cm³/mol. The summed E-state index contributed by atoms with van der Waals surface area (Å²) >= 11 is 0. The Hall–Kier alpha value is -3.04. The van der Waals surface area contributed by atoms with Crippen LogP contribution in [0.5, 0.6) is 0 Å². The topological polar surface area (TPSA) is 0 Å². The SMILES string of the molecule is Fc1ccc2c(c1F)c1c(F)c(F)c(F)c(F)c1c1c(F)c(F)c(F)c(F)c21. The molecule has 0 bridgehead atoms. The summed E-state index contributed by atoms with van der Waals surface area (Å²) in [4.78, 5) is 0. The molecule has 0 nitrogen and oxygen atoms in total. The molecule has 0 aromatic heterocycles. The van der Waals surface area contributed by atoms with Gasteiger partial charge in [0, 0.05) is 26.9 Å². The number of fused-ring (bicyclic) bond motifs is 6. The van der Waals surface area contributed by atoms with E-state index < -0.39 is 90.5 Å². The Labute approximate surface area is 147 Å². The Balaban J connectivity index is 2.61. The van der Waals surface area contributed by atoms with E-state index in [1.54, 1.807) is 0 Å². The van der Waals surface area contributed by atoms with Crippen LogP contribution in [0.15, 0.2) is 12.1 Å². The van der Waals surface area contributed by atoms with Gasteiger partial charge in [-0.15, -0.1) is 0 Å². The standard InChI is InChI=1S/C18H2F10/c19-4-2-1-3-5(10(4)20)7-9(14(24)18(28)17(27)12(7)22)8-6(3)11(21)15(25)16(26)13(8)23/h1-2H. The molecule has 0 heterocycles. The van der Waals surface area contributed by atoms with E-state index in [0.29, 0.717) is 12.1 Å². The van der Waals surface area contributed by atoms with Crippen LogP contribution in [0.2, 0.25) is 0 Å². The molecule has 0 spiro atoms. The van der Waals surface area contributed by atoms with Crippen molar-refractivity contribution in [3.63, 3.8) is 0 Å². The van der Waals surface area contributed by atoms with Crippen molar-refractivity contribution in [3.8, 4) is 0 Å². The Morgan fingerprint density at radius 3 is 1.07 bits per heavy atom. The minimum Gasteiger partial charge on any atom is -0.204 e. The molecule has 0 N–H and O–H groups in total. The summed E-state index contributed by atoms with van der Waals surface area (Å²) in [6.45, 7) is 0. The van der Waals surface area contributed by atoms with Gasteiger partial charge in [-0.1, -0.05) is 6.07 Å². The first-order chi connectivity index (χ1) is 13.1. The Morgan fingerprint density at radius 1 is 0.321 bits per heavy atom. The molecule has 0 atom stereocenters. The molecule has 10 heteroatoms. The highest BCUT2D eigenvalue weighted by atomic mass is 19.2. The fourth-order valence-electron chi connectivity index (χ4n) is 3.22. The summed E-state index contributed by atoms with van der Waals surface area (Å²) in [5, 5.41) is -8.13. The third kappa shape index (κ3) is 2.02. The molecule has 0 saturated heterocycles. The van der Waals surface area contributed by atoms with Crippen molar-refractivity contribution in [3.05, 3.63) is 70.3 Å². The quantitative estimate of drug-likeness (QED) is 0.134. The third-order valence-corrected chi connectivity index (χ3v) is 4.40. The predicted octanol–water partition coefficient (Wildman–Crippen LogP) is 6.54. The molecular weight excluding hydrogens is 406 g/mol. The van der Waals surface area contributed by atoms with Crippen LogP contribution in [0, 0.1) is 58.2 Å². The normalized spacial score (nSPS) is 11.9. The Morgan fingerprint density at radius 2 is 0.643 bits per heavy atom. The molecule has 0 aliphatic heterocycles. The number of halogens is 10. The van der Waals surface area contributed by atoms with E-state index in [9.17, 15) is 43.9 Å². The van der Waals surface area contributed by atoms with Gasteiger partial charge in [0.15, 0.2) is 58.2 Å². The highest BCUT2D eigenvalue weighted by Gasteiger charge is 2.31. The molecule has 0 unspecified atom stereocenters. The molecule has 28 heavy (non-hydrogen) atoms. The van der Waals surface area contributed by atoms with E-state index in [-0.39, 0.29) is 0 Å². The van der Waals surface area contributed by atoms with Crippen LogP contribution in [-0.4, -0.2) is 0 Å². The van der Waals surface area contributed by atoms with E-state index in [1.807, 2.05) is 0 Å². The van der Waals surface area contributed by atoms with Crippen LogP contribution in [0.4, 0.5) is 43.9 Å². The molecule has 0 aliphatic carbocycles. The lowest BCUT2D eigenvalue weighted by molar-refractivity contribution is 0.415. The Kier molecular flexibility index (Phi) is 3.75. The second kappa shape index (κ2) is 5.73. The molecule has 0 amide bonds. The lowest BCUT2D eigenvalue weighted by Crippen LogP contribution is -2.05. The zero-order valence-corrected chi connectivity index (χ0v) is 12.9. The minimum absolute atomic E-state index is 0.371. The first kappa shape index (κ1) is 18.3. The summed E-state index contributed by atoms with van der Waals surface area (Å²) in [5.41, 5.74) is 0. The van der Waals surface area contributed by atoms with Gasteiger partial charge in [0.2, 0.25) is 0 Å².